The molecule has 0 spiro atoms. The summed E-state index contributed by atoms with van der Waals surface area (Å²) in [7, 11) is 0. The second kappa shape index (κ2) is 9.84. The van der Waals surface area contributed by atoms with Crippen molar-refractivity contribution in [2.45, 2.75) is 52.1 Å². The Morgan fingerprint density at radius 3 is 2.00 bits per heavy atom. The molecule has 3 saturated heterocycles. The summed E-state index contributed by atoms with van der Waals surface area (Å²) in [5.74, 6) is 0.150. The summed E-state index contributed by atoms with van der Waals surface area (Å²) in [4.78, 5) is 46.6. The van der Waals surface area contributed by atoms with Gasteiger partial charge in [0.05, 0.1) is 5.92 Å². The molecule has 7 nitrogen and oxygen atoms in total. The van der Waals surface area contributed by atoms with E-state index in [-0.39, 0.29) is 35.1 Å². The number of piperazine rings is 1. The summed E-state index contributed by atoms with van der Waals surface area (Å²) in [6.07, 6.45) is 1.75. The minimum atomic E-state index is -0.253. The van der Waals surface area contributed by atoms with Gasteiger partial charge in [-0.15, -0.1) is 0 Å². The molecule has 3 aliphatic heterocycles. The van der Waals surface area contributed by atoms with E-state index < -0.39 is 0 Å². The van der Waals surface area contributed by atoms with Crippen LogP contribution < -0.4 is 0 Å². The second-order valence-electron chi connectivity index (χ2n) is 10.8. The van der Waals surface area contributed by atoms with Gasteiger partial charge in [0.25, 0.3) is 0 Å². The summed E-state index contributed by atoms with van der Waals surface area (Å²) in [5, 5.41) is 0. The van der Waals surface area contributed by atoms with Gasteiger partial charge in [-0.3, -0.25) is 19.3 Å². The second-order valence-corrected chi connectivity index (χ2v) is 10.8. The van der Waals surface area contributed by atoms with Crippen LogP contribution in [0.15, 0.2) is 30.3 Å². The molecule has 0 radical (unpaired) electrons. The minimum Gasteiger partial charge on any atom is -0.342 e. The highest BCUT2D eigenvalue weighted by molar-refractivity contribution is 5.90. The Balaban J connectivity index is 1.22. The van der Waals surface area contributed by atoms with Crippen LogP contribution in [-0.2, 0) is 20.9 Å². The van der Waals surface area contributed by atoms with Crippen LogP contribution in [-0.4, -0.2) is 88.7 Å². The highest BCUT2D eigenvalue weighted by Gasteiger charge is 2.42. The number of hydrogen-bond acceptors (Lipinski definition) is 4. The minimum absolute atomic E-state index is 0.00556. The van der Waals surface area contributed by atoms with E-state index in [9.17, 15) is 14.4 Å². The van der Waals surface area contributed by atoms with Crippen LogP contribution in [0.4, 0.5) is 0 Å². The van der Waals surface area contributed by atoms with E-state index in [4.69, 9.17) is 0 Å². The first kappa shape index (κ1) is 23.7. The molecule has 0 bridgehead atoms. The quantitative estimate of drug-likeness (QED) is 0.700. The third kappa shape index (κ3) is 5.57. The molecular weight excluding hydrogens is 416 g/mol. The number of rotatable bonds is 4. The number of hydrogen-bond donors (Lipinski definition) is 0. The fraction of sp³-hybridized carbons (Fsp3) is 0.654. The number of nitrogens with zero attached hydrogens (tertiary/aromatic N) is 4. The highest BCUT2D eigenvalue weighted by Crippen LogP contribution is 2.29. The predicted molar refractivity (Wildman–Crippen MR) is 127 cm³/mol. The summed E-state index contributed by atoms with van der Waals surface area (Å²) >= 11 is 0. The Bertz CT molecular complexity index is 850. The molecule has 33 heavy (non-hydrogen) atoms. The maximum atomic E-state index is 13.1. The molecule has 3 heterocycles. The molecule has 0 saturated carbocycles. The molecule has 0 N–H and O–H groups in total. The van der Waals surface area contributed by atoms with Crippen molar-refractivity contribution in [2.75, 3.05) is 45.8 Å². The largest absolute Gasteiger partial charge is 0.342 e. The molecule has 3 aliphatic rings. The zero-order valence-corrected chi connectivity index (χ0v) is 20.3. The van der Waals surface area contributed by atoms with Crippen molar-refractivity contribution in [1.29, 1.82) is 0 Å². The molecule has 1 atom stereocenters. The Morgan fingerprint density at radius 1 is 0.848 bits per heavy atom. The van der Waals surface area contributed by atoms with Gasteiger partial charge in [-0.25, -0.2) is 0 Å². The molecule has 1 aromatic rings. The highest BCUT2D eigenvalue weighted by atomic mass is 16.2. The van der Waals surface area contributed by atoms with Crippen molar-refractivity contribution in [3.05, 3.63) is 35.9 Å². The van der Waals surface area contributed by atoms with Crippen LogP contribution in [0.5, 0.6) is 0 Å². The molecule has 3 fully saturated rings. The molecule has 1 aromatic carbocycles. The summed E-state index contributed by atoms with van der Waals surface area (Å²) < 4.78 is 0. The number of benzene rings is 1. The van der Waals surface area contributed by atoms with E-state index in [1.165, 1.54) is 5.56 Å². The Kier molecular flexibility index (Phi) is 7.07. The SMILES string of the molecule is CC(C)(C)N1CC(C(=O)N2CCC(C(=O)N3CCN(Cc4ccccc4)CC3)CC2)CC1=O. The Labute approximate surface area is 197 Å². The van der Waals surface area contributed by atoms with Crippen LogP contribution in [0, 0.1) is 11.8 Å². The van der Waals surface area contributed by atoms with E-state index >= 15 is 0 Å². The van der Waals surface area contributed by atoms with Crippen LogP contribution >= 0.6 is 0 Å². The molecule has 1 unspecified atom stereocenters. The standard InChI is InChI=1S/C26H38N4O3/c1-26(2,3)30-19-22(17-23(30)31)25(33)28-11-9-21(10-12-28)24(32)29-15-13-27(14-16-29)18-20-7-5-4-6-8-20/h4-8,21-22H,9-19H2,1-3H3. The van der Waals surface area contributed by atoms with Crippen molar-refractivity contribution in [3.63, 3.8) is 0 Å². The van der Waals surface area contributed by atoms with Gasteiger partial charge in [-0.05, 0) is 39.2 Å². The molecule has 7 heteroatoms. The predicted octanol–water partition coefficient (Wildman–Crippen LogP) is 2.22. The topological polar surface area (TPSA) is 64.2 Å². The number of piperidine rings is 1. The molecule has 180 valence electrons. The lowest BCUT2D eigenvalue weighted by molar-refractivity contribution is -0.143. The number of amides is 3. The molecule has 0 aromatic heterocycles. The van der Waals surface area contributed by atoms with Crippen molar-refractivity contribution in [1.82, 2.24) is 19.6 Å². The average Bonchev–Trinajstić information content (AvgIpc) is 3.22. The first-order valence-electron chi connectivity index (χ1n) is 12.4. The van der Waals surface area contributed by atoms with Crippen LogP contribution in [0.1, 0.15) is 45.6 Å². The van der Waals surface area contributed by atoms with Crippen LogP contribution in [0.25, 0.3) is 0 Å². The van der Waals surface area contributed by atoms with Gasteiger partial charge in [0, 0.05) is 70.2 Å². The van der Waals surface area contributed by atoms with Gasteiger partial charge in [0.2, 0.25) is 17.7 Å². The number of carbonyl (C=O) groups is 3. The lowest BCUT2D eigenvalue weighted by Crippen LogP contribution is -2.52. The lowest BCUT2D eigenvalue weighted by atomic mass is 9.93. The zero-order valence-electron chi connectivity index (χ0n) is 20.3. The summed E-state index contributed by atoms with van der Waals surface area (Å²) in [6, 6.07) is 10.5. The average molecular weight is 455 g/mol. The van der Waals surface area contributed by atoms with E-state index in [2.05, 4.69) is 29.2 Å². The van der Waals surface area contributed by atoms with E-state index in [0.29, 0.717) is 26.1 Å². The molecule has 4 rings (SSSR count). The third-order valence-electron chi connectivity index (χ3n) is 7.37. The fourth-order valence-corrected chi connectivity index (χ4v) is 5.35. The normalized spacial score (nSPS) is 23.3. The summed E-state index contributed by atoms with van der Waals surface area (Å²) in [6.45, 7) is 12.0. The number of likely N-dealkylation sites (tertiary alicyclic amines) is 2. The zero-order chi connectivity index (χ0) is 23.6. The van der Waals surface area contributed by atoms with Gasteiger partial charge in [0.15, 0.2) is 0 Å². The maximum absolute atomic E-state index is 13.1. The van der Waals surface area contributed by atoms with Crippen LogP contribution in [0.2, 0.25) is 0 Å². The third-order valence-corrected chi connectivity index (χ3v) is 7.37. The van der Waals surface area contributed by atoms with E-state index in [1.807, 2.05) is 41.5 Å². The van der Waals surface area contributed by atoms with Crippen molar-refractivity contribution in [2.24, 2.45) is 11.8 Å². The summed E-state index contributed by atoms with van der Waals surface area (Å²) in [5.41, 5.74) is 1.06. The molecular formula is C26H38N4O3. The number of carbonyl (C=O) groups excluding carboxylic acids is 3. The van der Waals surface area contributed by atoms with Gasteiger partial charge in [0.1, 0.15) is 0 Å². The van der Waals surface area contributed by atoms with Gasteiger partial charge in [-0.2, -0.15) is 0 Å². The lowest BCUT2D eigenvalue weighted by Gasteiger charge is -2.39. The van der Waals surface area contributed by atoms with Crippen molar-refractivity contribution < 1.29 is 14.4 Å². The van der Waals surface area contributed by atoms with Crippen molar-refractivity contribution in [3.8, 4) is 0 Å². The smallest absolute Gasteiger partial charge is 0.227 e. The first-order chi connectivity index (χ1) is 15.7. The van der Waals surface area contributed by atoms with Gasteiger partial charge >= 0.3 is 0 Å². The van der Waals surface area contributed by atoms with Gasteiger partial charge in [-0.1, -0.05) is 30.3 Å². The Morgan fingerprint density at radius 2 is 1.42 bits per heavy atom. The Hall–Kier alpha value is -2.41. The fourth-order valence-electron chi connectivity index (χ4n) is 5.35. The van der Waals surface area contributed by atoms with Gasteiger partial charge < -0.3 is 14.7 Å². The maximum Gasteiger partial charge on any atom is 0.227 e. The van der Waals surface area contributed by atoms with E-state index in [1.54, 1.807) is 0 Å². The molecule has 3 amide bonds. The van der Waals surface area contributed by atoms with Crippen molar-refractivity contribution >= 4 is 17.7 Å². The van der Waals surface area contributed by atoms with Crippen LogP contribution in [0.3, 0.4) is 0 Å². The first-order valence-corrected chi connectivity index (χ1v) is 12.4. The molecule has 0 aliphatic carbocycles. The van der Waals surface area contributed by atoms with E-state index in [0.717, 1.165) is 45.6 Å². The monoisotopic (exact) mass is 454 g/mol.